The van der Waals surface area contributed by atoms with E-state index < -0.39 is 5.97 Å². The van der Waals surface area contributed by atoms with Gasteiger partial charge in [0.25, 0.3) is 0 Å². The summed E-state index contributed by atoms with van der Waals surface area (Å²) >= 11 is 0. The Kier molecular flexibility index (Phi) is 25.6. The minimum absolute atomic E-state index is 0.295. The van der Waals surface area contributed by atoms with E-state index in [1.54, 1.807) is 0 Å². The van der Waals surface area contributed by atoms with Gasteiger partial charge in [0.1, 0.15) is 6.04 Å². The molecule has 0 aliphatic heterocycles. The van der Waals surface area contributed by atoms with Crippen molar-refractivity contribution < 1.29 is 9.90 Å². The Balaban J connectivity index is 3.84. The maximum atomic E-state index is 11.7. The summed E-state index contributed by atoms with van der Waals surface area (Å²) in [5.41, 5.74) is 0. The van der Waals surface area contributed by atoms with E-state index in [1.165, 1.54) is 128 Å². The zero-order valence-electron chi connectivity index (χ0n) is 23.1. The van der Waals surface area contributed by atoms with E-state index in [0.29, 0.717) is 6.42 Å². The van der Waals surface area contributed by atoms with Gasteiger partial charge >= 0.3 is 5.97 Å². The van der Waals surface area contributed by atoms with Crippen molar-refractivity contribution in [2.45, 2.75) is 174 Å². The van der Waals surface area contributed by atoms with Crippen molar-refractivity contribution in [3.05, 3.63) is 0 Å². The van der Waals surface area contributed by atoms with Gasteiger partial charge in [-0.3, -0.25) is 9.69 Å². The predicted molar refractivity (Wildman–Crippen MR) is 146 cm³/mol. The van der Waals surface area contributed by atoms with Gasteiger partial charge in [0.2, 0.25) is 0 Å². The van der Waals surface area contributed by atoms with Crippen LogP contribution in [-0.4, -0.2) is 35.1 Å². The van der Waals surface area contributed by atoms with Crippen LogP contribution in [0.1, 0.15) is 168 Å². The summed E-state index contributed by atoms with van der Waals surface area (Å²) in [4.78, 5) is 14.0. The second-order valence-electron chi connectivity index (χ2n) is 10.4. The molecule has 1 atom stereocenters. The van der Waals surface area contributed by atoms with Crippen LogP contribution in [0.15, 0.2) is 0 Å². The summed E-state index contributed by atoms with van der Waals surface area (Å²) in [5.74, 6) is -0.636. The molecule has 0 radical (unpaired) electrons. The summed E-state index contributed by atoms with van der Waals surface area (Å²) in [5, 5.41) is 9.66. The van der Waals surface area contributed by atoms with Gasteiger partial charge in [-0.05, 0) is 32.4 Å². The number of unbranched alkanes of at least 4 members (excludes halogenated alkanes) is 20. The molecule has 3 heteroatoms. The smallest absolute Gasteiger partial charge is 0.320 e. The summed E-state index contributed by atoms with van der Waals surface area (Å²) in [6.45, 7) is 8.49. The molecule has 3 nitrogen and oxygen atoms in total. The highest BCUT2D eigenvalue weighted by Crippen LogP contribution is 2.15. The van der Waals surface area contributed by atoms with E-state index in [4.69, 9.17) is 0 Å². The van der Waals surface area contributed by atoms with Crippen LogP contribution in [0.5, 0.6) is 0 Å². The molecule has 1 N–H and O–H groups in total. The predicted octanol–water partition coefficient (Wildman–Crippen LogP) is 9.77. The van der Waals surface area contributed by atoms with E-state index in [9.17, 15) is 9.90 Å². The second kappa shape index (κ2) is 26.0. The molecule has 0 aromatic carbocycles. The Morgan fingerprint density at radius 1 is 0.515 bits per heavy atom. The second-order valence-corrected chi connectivity index (χ2v) is 10.4. The number of carbonyl (C=O) groups is 1. The average molecular weight is 468 g/mol. The topological polar surface area (TPSA) is 40.5 Å². The summed E-state index contributed by atoms with van der Waals surface area (Å²) < 4.78 is 0. The maximum Gasteiger partial charge on any atom is 0.320 e. The van der Waals surface area contributed by atoms with E-state index in [-0.39, 0.29) is 6.04 Å². The first kappa shape index (κ1) is 32.4. The first-order valence-electron chi connectivity index (χ1n) is 15.1. The lowest BCUT2D eigenvalue weighted by atomic mass is 10.0. The molecule has 198 valence electrons. The molecule has 0 fully saturated rings. The SMILES string of the molecule is CCCCCCCCCCCCCN(CCCCCCCCCCCCC)C(CC)C(=O)O. The number of nitrogens with zero attached hydrogens (tertiary/aromatic N) is 1. The van der Waals surface area contributed by atoms with Gasteiger partial charge in [0.05, 0.1) is 0 Å². The minimum Gasteiger partial charge on any atom is -0.480 e. The number of carboxylic acids is 1. The molecule has 0 rings (SSSR count). The van der Waals surface area contributed by atoms with Crippen LogP contribution < -0.4 is 0 Å². The molecule has 0 spiro atoms. The van der Waals surface area contributed by atoms with Gasteiger partial charge in [-0.2, -0.15) is 0 Å². The standard InChI is InChI=1S/C30H61NO2/c1-4-7-9-11-13-15-17-19-21-23-25-27-31(29(6-3)30(32)33)28-26-24-22-20-18-16-14-12-10-8-5-2/h29H,4-28H2,1-3H3,(H,32,33). The molecule has 0 aromatic heterocycles. The number of hydrogen-bond acceptors (Lipinski definition) is 2. The van der Waals surface area contributed by atoms with E-state index in [1.807, 2.05) is 6.92 Å². The van der Waals surface area contributed by atoms with Gasteiger partial charge in [-0.25, -0.2) is 0 Å². The zero-order valence-corrected chi connectivity index (χ0v) is 23.1. The number of carboxylic acid groups (broad SMARTS) is 1. The largest absolute Gasteiger partial charge is 0.480 e. The summed E-state index contributed by atoms with van der Waals surface area (Å²) in [6.07, 6.45) is 30.3. The molecular formula is C30H61NO2. The Morgan fingerprint density at radius 2 is 0.788 bits per heavy atom. The third kappa shape index (κ3) is 21.7. The van der Waals surface area contributed by atoms with Gasteiger partial charge in [-0.1, -0.05) is 149 Å². The lowest BCUT2D eigenvalue weighted by Crippen LogP contribution is -2.42. The minimum atomic E-state index is -0.636. The van der Waals surface area contributed by atoms with Gasteiger partial charge < -0.3 is 5.11 Å². The lowest BCUT2D eigenvalue weighted by Gasteiger charge is -2.28. The van der Waals surface area contributed by atoms with Crippen LogP contribution in [0.4, 0.5) is 0 Å². The number of hydrogen-bond donors (Lipinski definition) is 1. The van der Waals surface area contributed by atoms with Crippen molar-refractivity contribution >= 4 is 5.97 Å². The number of aliphatic carboxylic acids is 1. The molecular weight excluding hydrogens is 406 g/mol. The first-order chi connectivity index (χ1) is 16.2. The van der Waals surface area contributed by atoms with E-state index >= 15 is 0 Å². The first-order valence-corrected chi connectivity index (χ1v) is 15.1. The molecule has 0 aliphatic carbocycles. The van der Waals surface area contributed by atoms with Crippen LogP contribution in [0.3, 0.4) is 0 Å². The molecule has 33 heavy (non-hydrogen) atoms. The van der Waals surface area contributed by atoms with Gasteiger partial charge in [0, 0.05) is 0 Å². The molecule has 0 aromatic rings. The van der Waals surface area contributed by atoms with Crippen LogP contribution >= 0.6 is 0 Å². The van der Waals surface area contributed by atoms with Crippen molar-refractivity contribution in [3.8, 4) is 0 Å². The van der Waals surface area contributed by atoms with Crippen LogP contribution in [0.25, 0.3) is 0 Å². The highest BCUT2D eigenvalue weighted by molar-refractivity contribution is 5.73. The quantitative estimate of drug-likeness (QED) is 0.122. The normalized spacial score (nSPS) is 12.5. The van der Waals surface area contributed by atoms with Crippen LogP contribution in [0.2, 0.25) is 0 Å². The average Bonchev–Trinajstić information content (AvgIpc) is 2.80. The molecule has 0 aliphatic rings. The Bertz CT molecular complexity index is 373. The Hall–Kier alpha value is -0.570. The van der Waals surface area contributed by atoms with Crippen molar-refractivity contribution in [3.63, 3.8) is 0 Å². The molecule has 0 saturated heterocycles. The Labute approximate surface area is 208 Å². The van der Waals surface area contributed by atoms with Gasteiger partial charge in [0.15, 0.2) is 0 Å². The van der Waals surface area contributed by atoms with Crippen LogP contribution in [-0.2, 0) is 4.79 Å². The third-order valence-corrected chi connectivity index (χ3v) is 7.21. The zero-order chi connectivity index (χ0) is 24.4. The fraction of sp³-hybridized carbons (Fsp3) is 0.967. The summed E-state index contributed by atoms with van der Waals surface area (Å²) in [6, 6.07) is -0.295. The fourth-order valence-electron chi connectivity index (χ4n) is 4.97. The van der Waals surface area contributed by atoms with Crippen LogP contribution in [0, 0.1) is 0 Å². The lowest BCUT2D eigenvalue weighted by molar-refractivity contribution is -0.143. The maximum absolute atomic E-state index is 11.7. The summed E-state index contributed by atoms with van der Waals surface area (Å²) in [7, 11) is 0. The number of rotatable bonds is 27. The van der Waals surface area contributed by atoms with E-state index in [2.05, 4.69) is 18.7 Å². The molecule has 0 bridgehead atoms. The van der Waals surface area contributed by atoms with Gasteiger partial charge in [-0.15, -0.1) is 0 Å². The van der Waals surface area contributed by atoms with Crippen molar-refractivity contribution in [2.24, 2.45) is 0 Å². The monoisotopic (exact) mass is 467 g/mol. The molecule has 0 heterocycles. The third-order valence-electron chi connectivity index (χ3n) is 7.21. The van der Waals surface area contributed by atoms with E-state index in [0.717, 1.165) is 25.9 Å². The van der Waals surface area contributed by atoms with Crippen molar-refractivity contribution in [2.75, 3.05) is 13.1 Å². The van der Waals surface area contributed by atoms with Crippen molar-refractivity contribution in [1.29, 1.82) is 0 Å². The molecule has 0 saturated carbocycles. The highest BCUT2D eigenvalue weighted by Gasteiger charge is 2.22. The highest BCUT2D eigenvalue weighted by atomic mass is 16.4. The molecule has 0 amide bonds. The molecule has 1 unspecified atom stereocenters. The fourth-order valence-corrected chi connectivity index (χ4v) is 4.97. The Morgan fingerprint density at radius 3 is 1.03 bits per heavy atom. The van der Waals surface area contributed by atoms with Crippen molar-refractivity contribution in [1.82, 2.24) is 4.90 Å².